The van der Waals surface area contributed by atoms with Crippen LogP contribution in [0.25, 0.3) is 0 Å². The first-order valence-corrected chi connectivity index (χ1v) is 13.9. The van der Waals surface area contributed by atoms with E-state index in [0.717, 1.165) is 21.6 Å². The average molecular weight is 605 g/mol. The molecule has 0 aliphatic rings. The van der Waals surface area contributed by atoms with Gasteiger partial charge in [-0.25, -0.2) is 0 Å². The third-order valence-corrected chi connectivity index (χ3v) is 4.60. The molecule has 0 aliphatic heterocycles. The van der Waals surface area contributed by atoms with Crippen molar-refractivity contribution in [1.82, 2.24) is 0 Å². The highest BCUT2D eigenvalue weighted by molar-refractivity contribution is 8.76. The highest BCUT2D eigenvalue weighted by Gasteiger charge is 2.22. The van der Waals surface area contributed by atoms with Gasteiger partial charge in [0.25, 0.3) is 0 Å². The van der Waals surface area contributed by atoms with Crippen LogP contribution >= 0.6 is 37.2 Å². The molecule has 0 aliphatic carbocycles. The predicted molar refractivity (Wildman–Crippen MR) is 139 cm³/mol. The second kappa shape index (κ2) is 41.3. The number of aliphatic hydroxyl groups is 1. The number of rotatable bonds is 14. The summed E-state index contributed by atoms with van der Waals surface area (Å²) < 4.78 is 38.2. The summed E-state index contributed by atoms with van der Waals surface area (Å²) in [5, 5.41) is 26.1. The fourth-order valence-corrected chi connectivity index (χ4v) is 3.25. The zero-order valence-electron chi connectivity index (χ0n) is 20.9. The van der Waals surface area contributed by atoms with Crippen molar-refractivity contribution in [3.05, 3.63) is 78.9 Å². The van der Waals surface area contributed by atoms with Gasteiger partial charge in [0.15, 0.2) is 0 Å². The molecule has 0 aromatic heterocycles. The molecule has 218 valence electrons. The molecule has 2 unspecified atom stereocenters. The second-order valence-corrected chi connectivity index (χ2v) is 9.11. The third-order valence-electron chi connectivity index (χ3n) is 1.14. The molecule has 14 nitrogen and oxygen atoms in total. The van der Waals surface area contributed by atoms with Gasteiger partial charge in [0.2, 0.25) is 0 Å². The van der Waals surface area contributed by atoms with Gasteiger partial charge < -0.3 is 23.9 Å². The molecule has 0 aromatic carbocycles. The van der Waals surface area contributed by atoms with E-state index in [9.17, 15) is 18.9 Å². The van der Waals surface area contributed by atoms with Crippen LogP contribution in [0.1, 0.15) is 20.8 Å². The summed E-state index contributed by atoms with van der Waals surface area (Å²) in [7, 11) is -7.94. The molecule has 0 radical (unpaired) electrons. The zero-order chi connectivity index (χ0) is 30.7. The minimum absolute atomic E-state index is 0.248. The smallest absolute Gasteiger partial charge is 0.302 e. The van der Waals surface area contributed by atoms with Gasteiger partial charge >= 0.3 is 15.6 Å². The van der Waals surface area contributed by atoms with Crippen molar-refractivity contribution < 1.29 is 67.6 Å². The van der Waals surface area contributed by atoms with Gasteiger partial charge in [-0.3, -0.25) is 9.13 Å². The number of hydrogen-bond donors (Lipinski definition) is 1. The molecule has 0 bridgehead atoms. The quantitative estimate of drug-likeness (QED) is 0.0500. The van der Waals surface area contributed by atoms with Gasteiger partial charge in [-0.05, 0) is 46.0 Å². The van der Waals surface area contributed by atoms with Crippen LogP contribution in [0.15, 0.2) is 78.9 Å². The molecule has 2 atom stereocenters. The summed E-state index contributed by atoms with van der Waals surface area (Å²) in [6.07, 6.45) is 0. The lowest BCUT2D eigenvalue weighted by atomic mass is 10.2. The monoisotopic (exact) mass is 604 g/mol. The van der Waals surface area contributed by atoms with Gasteiger partial charge in [0, 0.05) is 0 Å². The summed E-state index contributed by atoms with van der Waals surface area (Å²) in [5.74, 6) is -0.627. The minimum Gasteiger partial charge on any atom is -0.754 e. The Kier molecular flexibility index (Phi) is 59.3. The van der Waals surface area contributed by atoms with Crippen LogP contribution in [0, 0.1) is 0 Å². The summed E-state index contributed by atoms with van der Waals surface area (Å²) in [4.78, 5) is 22.1. The topological polar surface area (TPSA) is 184 Å². The molecule has 1 N–H and O–H groups in total. The molecule has 0 saturated carbocycles. The Labute approximate surface area is 222 Å². The van der Waals surface area contributed by atoms with E-state index in [1.165, 1.54) is 20.8 Å². The van der Waals surface area contributed by atoms with Crippen molar-refractivity contribution in [3.63, 3.8) is 0 Å². The van der Waals surface area contributed by atoms with Gasteiger partial charge in [-0.1, -0.05) is 21.6 Å². The summed E-state index contributed by atoms with van der Waals surface area (Å²) in [5.41, 5.74) is -1.09. The van der Waals surface area contributed by atoms with Crippen LogP contribution in [-0.2, 0) is 52.7 Å². The number of aliphatic hydroxyl groups excluding tert-OH is 1. The Balaban J connectivity index is -0.000000121. The lowest BCUT2D eigenvalue weighted by Crippen LogP contribution is -2.22. The standard InChI is InChI=1S/C6H16O14P2S2.6C2H4/c1-6(2,3)13-22(10,11)20-18-16-14-15-17-19-21(8,9)12-5-24-23-4-7;6*1-2/h7H,4-5H2,1-3H3,(H,8,9)(H,10,11);6*1-2H2/p-2. The Bertz CT molecular complexity index is 511. The van der Waals surface area contributed by atoms with Crippen molar-refractivity contribution in [3.8, 4) is 0 Å². The molecule has 0 amide bonds. The number of hydrogen-bond acceptors (Lipinski definition) is 16. The molecule has 0 rings (SSSR count). The molecule has 18 heteroatoms. The normalized spacial score (nSPS) is 12.3. The Morgan fingerprint density at radius 3 is 1.33 bits per heavy atom. The Hall–Kier alpha value is -0.880. The summed E-state index contributed by atoms with van der Waals surface area (Å²) >= 11 is 0. The molecular formula is C18H38O14P2S2-2. The maximum absolute atomic E-state index is 11.1. The highest BCUT2D eigenvalue weighted by Crippen LogP contribution is 2.43. The first-order chi connectivity index (χ1) is 17.0. The molecule has 0 saturated heterocycles. The van der Waals surface area contributed by atoms with Gasteiger partial charge in [-0.2, -0.15) is 0 Å². The minimum atomic E-state index is -4.87. The SMILES string of the molecule is C=C.C=C.C=C.C=C.C=C.C=C.CC(C)(C)OP(=O)([O-])OOOOOOOP(=O)([O-])OCSSCO. The molecule has 0 fully saturated rings. The fraction of sp³-hybridized carbons (Fsp3) is 0.333. The van der Waals surface area contributed by atoms with E-state index in [1.807, 2.05) is 0 Å². The molecule has 36 heavy (non-hydrogen) atoms. The van der Waals surface area contributed by atoms with Crippen LogP contribution in [0.4, 0.5) is 0 Å². The lowest BCUT2D eigenvalue weighted by molar-refractivity contribution is -0.777. The fourth-order valence-electron chi connectivity index (χ4n) is 0.663. The van der Waals surface area contributed by atoms with E-state index < -0.39 is 21.2 Å². The largest absolute Gasteiger partial charge is 0.754 e. The van der Waals surface area contributed by atoms with Crippen molar-refractivity contribution in [2.45, 2.75) is 26.4 Å². The first kappa shape index (κ1) is 51.7. The van der Waals surface area contributed by atoms with E-state index in [2.05, 4.69) is 123 Å². The maximum Gasteiger partial charge on any atom is 0.302 e. The van der Waals surface area contributed by atoms with Crippen LogP contribution in [0.5, 0.6) is 0 Å². The Morgan fingerprint density at radius 1 is 0.667 bits per heavy atom. The van der Waals surface area contributed by atoms with E-state index in [-0.39, 0.29) is 11.9 Å². The molecular weight excluding hydrogens is 566 g/mol. The third kappa shape index (κ3) is 58.7. The number of phosphoric acid groups is 2. The van der Waals surface area contributed by atoms with Crippen LogP contribution in [-0.4, -0.2) is 22.6 Å². The van der Waals surface area contributed by atoms with Crippen molar-refractivity contribution in [2.75, 3.05) is 11.9 Å². The van der Waals surface area contributed by atoms with Crippen LogP contribution in [0.2, 0.25) is 0 Å². The molecule has 0 spiro atoms. The van der Waals surface area contributed by atoms with Gasteiger partial charge in [-0.15, -0.1) is 88.3 Å². The lowest BCUT2D eigenvalue weighted by Gasteiger charge is -2.28. The molecule has 0 heterocycles. The van der Waals surface area contributed by atoms with E-state index in [4.69, 9.17) is 5.11 Å². The highest BCUT2D eigenvalue weighted by atomic mass is 33.1. The van der Waals surface area contributed by atoms with E-state index >= 15 is 0 Å². The van der Waals surface area contributed by atoms with Gasteiger partial charge in [0.1, 0.15) is 5.94 Å². The summed E-state index contributed by atoms with van der Waals surface area (Å²) in [6, 6.07) is 0. The van der Waals surface area contributed by atoms with Crippen molar-refractivity contribution in [2.24, 2.45) is 0 Å². The van der Waals surface area contributed by atoms with Crippen LogP contribution < -0.4 is 9.79 Å². The average Bonchev–Trinajstić information content (AvgIpc) is 2.87. The van der Waals surface area contributed by atoms with Gasteiger partial charge in [0.05, 0.1) is 11.5 Å². The Morgan fingerprint density at radius 2 is 1.00 bits per heavy atom. The van der Waals surface area contributed by atoms with Crippen molar-refractivity contribution in [1.29, 1.82) is 0 Å². The van der Waals surface area contributed by atoms with Crippen LogP contribution in [0.3, 0.4) is 0 Å². The molecule has 0 aromatic rings. The number of phosphoric ester groups is 2. The van der Waals surface area contributed by atoms with E-state index in [0.29, 0.717) is 0 Å². The predicted octanol–water partition coefficient (Wildman–Crippen LogP) is 5.46. The summed E-state index contributed by atoms with van der Waals surface area (Å²) in [6.45, 7) is 40.3. The van der Waals surface area contributed by atoms with E-state index in [1.54, 1.807) is 0 Å². The second-order valence-electron chi connectivity index (χ2n) is 4.20. The first-order valence-electron chi connectivity index (χ1n) is 8.51. The van der Waals surface area contributed by atoms with Crippen molar-refractivity contribution >= 4 is 37.2 Å². The maximum atomic E-state index is 11.1. The zero-order valence-corrected chi connectivity index (χ0v) is 24.3.